The van der Waals surface area contributed by atoms with E-state index in [0.29, 0.717) is 11.1 Å². The minimum absolute atomic E-state index is 0.100. The SMILES string of the molecule is O=C(c1ccccn1)N1CCC2(CCCC2)CC1. The molecule has 1 aliphatic carbocycles. The average Bonchev–Trinajstić information content (AvgIpc) is 2.88. The summed E-state index contributed by atoms with van der Waals surface area (Å²) in [5.74, 6) is 0.100. The number of piperidine rings is 1. The van der Waals surface area contributed by atoms with Gasteiger partial charge in [0.05, 0.1) is 0 Å². The van der Waals surface area contributed by atoms with E-state index < -0.39 is 0 Å². The Morgan fingerprint density at radius 3 is 2.44 bits per heavy atom. The second kappa shape index (κ2) is 4.71. The van der Waals surface area contributed by atoms with Crippen LogP contribution in [0.1, 0.15) is 49.0 Å². The lowest BCUT2D eigenvalue weighted by Crippen LogP contribution is -2.42. The van der Waals surface area contributed by atoms with Gasteiger partial charge in [0.15, 0.2) is 0 Å². The number of hydrogen-bond acceptors (Lipinski definition) is 2. The van der Waals surface area contributed by atoms with Gasteiger partial charge in [-0.05, 0) is 43.2 Å². The Bertz CT molecular complexity index is 413. The van der Waals surface area contributed by atoms with Gasteiger partial charge in [-0.3, -0.25) is 9.78 Å². The van der Waals surface area contributed by atoms with Gasteiger partial charge in [-0.2, -0.15) is 0 Å². The second-order valence-corrected chi connectivity index (χ2v) is 5.71. The molecule has 0 atom stereocenters. The standard InChI is InChI=1S/C15H20N2O/c18-14(13-5-1-4-10-16-13)17-11-8-15(9-12-17)6-2-3-7-15/h1,4-5,10H,2-3,6-9,11-12H2. The summed E-state index contributed by atoms with van der Waals surface area (Å²) in [6, 6.07) is 5.53. The molecule has 2 aliphatic rings. The van der Waals surface area contributed by atoms with Crippen molar-refractivity contribution in [2.45, 2.75) is 38.5 Å². The summed E-state index contributed by atoms with van der Waals surface area (Å²) in [5.41, 5.74) is 1.15. The molecule has 3 nitrogen and oxygen atoms in total. The monoisotopic (exact) mass is 244 g/mol. The number of aromatic nitrogens is 1. The number of carbonyl (C=O) groups excluding carboxylic acids is 1. The molecular weight excluding hydrogens is 224 g/mol. The highest BCUT2D eigenvalue weighted by atomic mass is 16.2. The fourth-order valence-electron chi connectivity index (χ4n) is 3.46. The summed E-state index contributed by atoms with van der Waals surface area (Å²) in [6.45, 7) is 1.82. The van der Waals surface area contributed by atoms with E-state index in [-0.39, 0.29) is 5.91 Å². The van der Waals surface area contributed by atoms with E-state index in [9.17, 15) is 4.79 Å². The van der Waals surface area contributed by atoms with E-state index in [0.717, 1.165) is 13.1 Å². The second-order valence-electron chi connectivity index (χ2n) is 5.71. The molecule has 0 radical (unpaired) electrons. The smallest absolute Gasteiger partial charge is 0.272 e. The normalized spacial score (nSPS) is 22.3. The lowest BCUT2D eigenvalue weighted by molar-refractivity contribution is 0.0582. The van der Waals surface area contributed by atoms with Gasteiger partial charge in [-0.25, -0.2) is 0 Å². The van der Waals surface area contributed by atoms with Crippen LogP contribution in [0.2, 0.25) is 0 Å². The molecule has 1 aliphatic heterocycles. The molecular formula is C15H20N2O. The number of carbonyl (C=O) groups is 1. The number of nitrogens with zero attached hydrogens (tertiary/aromatic N) is 2. The predicted molar refractivity (Wildman–Crippen MR) is 70.3 cm³/mol. The van der Waals surface area contributed by atoms with E-state index >= 15 is 0 Å². The summed E-state index contributed by atoms with van der Waals surface area (Å²) in [5, 5.41) is 0. The molecule has 1 aromatic heterocycles. The number of likely N-dealkylation sites (tertiary alicyclic amines) is 1. The zero-order valence-electron chi connectivity index (χ0n) is 10.8. The van der Waals surface area contributed by atoms with Crippen molar-refractivity contribution in [1.82, 2.24) is 9.88 Å². The lowest BCUT2D eigenvalue weighted by Gasteiger charge is -2.39. The van der Waals surface area contributed by atoms with Crippen LogP contribution in [-0.4, -0.2) is 28.9 Å². The van der Waals surface area contributed by atoms with Gasteiger partial charge in [0.25, 0.3) is 5.91 Å². The van der Waals surface area contributed by atoms with E-state index in [2.05, 4.69) is 4.98 Å². The van der Waals surface area contributed by atoms with Crippen LogP contribution in [0.15, 0.2) is 24.4 Å². The fourth-order valence-corrected chi connectivity index (χ4v) is 3.46. The van der Waals surface area contributed by atoms with Crippen LogP contribution >= 0.6 is 0 Å². The highest BCUT2D eigenvalue weighted by Crippen LogP contribution is 2.46. The third-order valence-corrected chi connectivity index (χ3v) is 4.66. The Balaban J connectivity index is 1.64. The Kier molecular flexibility index (Phi) is 3.06. The van der Waals surface area contributed by atoms with Gasteiger partial charge in [0.2, 0.25) is 0 Å². The van der Waals surface area contributed by atoms with Crippen molar-refractivity contribution in [2.75, 3.05) is 13.1 Å². The first-order valence-corrected chi connectivity index (χ1v) is 6.99. The van der Waals surface area contributed by atoms with E-state index in [1.54, 1.807) is 6.20 Å². The van der Waals surface area contributed by atoms with Gasteiger partial charge >= 0.3 is 0 Å². The maximum atomic E-state index is 12.3. The highest BCUT2D eigenvalue weighted by molar-refractivity contribution is 5.92. The number of rotatable bonds is 1. The molecule has 1 saturated carbocycles. The molecule has 0 unspecified atom stereocenters. The zero-order valence-corrected chi connectivity index (χ0v) is 10.8. The summed E-state index contributed by atoms with van der Waals surface area (Å²) >= 11 is 0. The lowest BCUT2D eigenvalue weighted by atomic mass is 9.77. The average molecular weight is 244 g/mol. The van der Waals surface area contributed by atoms with Gasteiger partial charge in [-0.15, -0.1) is 0 Å². The van der Waals surface area contributed by atoms with E-state index in [4.69, 9.17) is 0 Å². The molecule has 2 fully saturated rings. The first-order valence-electron chi connectivity index (χ1n) is 6.99. The molecule has 1 saturated heterocycles. The third-order valence-electron chi connectivity index (χ3n) is 4.66. The van der Waals surface area contributed by atoms with Crippen molar-refractivity contribution in [3.8, 4) is 0 Å². The number of pyridine rings is 1. The molecule has 0 N–H and O–H groups in total. The van der Waals surface area contributed by atoms with Crippen LogP contribution < -0.4 is 0 Å². The van der Waals surface area contributed by atoms with Crippen LogP contribution in [0.3, 0.4) is 0 Å². The predicted octanol–water partition coefficient (Wildman–Crippen LogP) is 2.88. The highest BCUT2D eigenvalue weighted by Gasteiger charge is 2.38. The van der Waals surface area contributed by atoms with Crippen LogP contribution in [0, 0.1) is 5.41 Å². The molecule has 1 aromatic rings. The molecule has 3 heteroatoms. The van der Waals surface area contributed by atoms with Crippen molar-refractivity contribution in [3.05, 3.63) is 30.1 Å². The van der Waals surface area contributed by atoms with E-state index in [1.807, 2.05) is 23.1 Å². The van der Waals surface area contributed by atoms with Crippen molar-refractivity contribution < 1.29 is 4.79 Å². The van der Waals surface area contributed by atoms with Crippen molar-refractivity contribution in [2.24, 2.45) is 5.41 Å². The number of hydrogen-bond donors (Lipinski definition) is 0. The maximum absolute atomic E-state index is 12.3. The fraction of sp³-hybridized carbons (Fsp3) is 0.600. The summed E-state index contributed by atoms with van der Waals surface area (Å²) in [6.07, 6.45) is 9.58. The summed E-state index contributed by atoms with van der Waals surface area (Å²) < 4.78 is 0. The molecule has 1 spiro atoms. The van der Waals surface area contributed by atoms with Crippen molar-refractivity contribution >= 4 is 5.91 Å². The van der Waals surface area contributed by atoms with Gasteiger partial charge < -0.3 is 4.90 Å². The van der Waals surface area contributed by atoms with Gasteiger partial charge in [0, 0.05) is 19.3 Å². The molecule has 3 rings (SSSR count). The number of amides is 1. The Morgan fingerprint density at radius 2 is 1.83 bits per heavy atom. The molecule has 2 heterocycles. The first-order chi connectivity index (χ1) is 8.79. The molecule has 18 heavy (non-hydrogen) atoms. The quantitative estimate of drug-likeness (QED) is 0.761. The Morgan fingerprint density at radius 1 is 1.11 bits per heavy atom. The maximum Gasteiger partial charge on any atom is 0.272 e. The minimum atomic E-state index is 0.100. The van der Waals surface area contributed by atoms with Crippen molar-refractivity contribution in [3.63, 3.8) is 0 Å². The van der Waals surface area contributed by atoms with Crippen LogP contribution in [0.4, 0.5) is 0 Å². The largest absolute Gasteiger partial charge is 0.337 e. The Labute approximate surface area is 108 Å². The van der Waals surface area contributed by atoms with Crippen molar-refractivity contribution in [1.29, 1.82) is 0 Å². The third kappa shape index (κ3) is 2.14. The first kappa shape index (κ1) is 11.7. The van der Waals surface area contributed by atoms with E-state index in [1.165, 1.54) is 38.5 Å². The topological polar surface area (TPSA) is 33.2 Å². The molecule has 0 bridgehead atoms. The van der Waals surface area contributed by atoms with Crippen LogP contribution in [0.25, 0.3) is 0 Å². The molecule has 1 amide bonds. The zero-order chi connectivity index (χ0) is 12.4. The van der Waals surface area contributed by atoms with Gasteiger partial charge in [-0.1, -0.05) is 18.9 Å². The Hall–Kier alpha value is -1.38. The van der Waals surface area contributed by atoms with Crippen LogP contribution in [-0.2, 0) is 0 Å². The van der Waals surface area contributed by atoms with Crippen LogP contribution in [0.5, 0.6) is 0 Å². The molecule has 0 aromatic carbocycles. The summed E-state index contributed by atoms with van der Waals surface area (Å²) in [4.78, 5) is 18.4. The minimum Gasteiger partial charge on any atom is -0.337 e. The van der Waals surface area contributed by atoms with Gasteiger partial charge in [0.1, 0.15) is 5.69 Å². The molecule has 96 valence electrons. The summed E-state index contributed by atoms with van der Waals surface area (Å²) in [7, 11) is 0.